The van der Waals surface area contributed by atoms with Crippen molar-refractivity contribution < 1.29 is 8.42 Å². The van der Waals surface area contributed by atoms with Gasteiger partial charge in [-0.1, -0.05) is 30.3 Å². The first-order valence-corrected chi connectivity index (χ1v) is 8.55. The van der Waals surface area contributed by atoms with Crippen LogP contribution in [0.3, 0.4) is 0 Å². The smallest absolute Gasteiger partial charge is 0.233 e. The van der Waals surface area contributed by atoms with Gasteiger partial charge < -0.3 is 0 Å². The van der Waals surface area contributed by atoms with E-state index in [9.17, 15) is 8.42 Å². The third kappa shape index (κ3) is 4.88. The van der Waals surface area contributed by atoms with E-state index in [1.807, 2.05) is 37.3 Å². The maximum absolute atomic E-state index is 11.8. The lowest BCUT2D eigenvalue weighted by molar-refractivity contribution is 0.591. The zero-order valence-corrected chi connectivity index (χ0v) is 12.7. The average molecular weight is 308 g/mol. The van der Waals surface area contributed by atoms with Crippen LogP contribution in [-0.4, -0.2) is 19.9 Å². The maximum Gasteiger partial charge on any atom is 0.233 e. The van der Waals surface area contributed by atoms with Crippen molar-refractivity contribution in [2.45, 2.75) is 13.3 Å². The van der Waals surface area contributed by atoms with E-state index < -0.39 is 10.0 Å². The Bertz CT molecular complexity index is 676. The lowest BCUT2D eigenvalue weighted by Crippen LogP contribution is -2.23. The highest BCUT2D eigenvalue weighted by molar-refractivity contribution is 7.92. The van der Waals surface area contributed by atoms with Crippen LogP contribution in [0.25, 0.3) is 6.08 Å². The molecule has 0 fully saturated rings. The summed E-state index contributed by atoms with van der Waals surface area (Å²) in [5.74, 6) is 0. The van der Waals surface area contributed by atoms with Crippen LogP contribution < -0.4 is 4.72 Å². The minimum absolute atomic E-state index is 0.356. The molecule has 0 saturated heterocycles. The summed E-state index contributed by atoms with van der Waals surface area (Å²) in [5, 5.41) is 2.13. The first-order chi connectivity index (χ1) is 9.55. The predicted molar refractivity (Wildman–Crippen MR) is 83.0 cm³/mol. The van der Waals surface area contributed by atoms with E-state index in [-0.39, 0.29) is 0 Å². The van der Waals surface area contributed by atoms with Crippen molar-refractivity contribution in [3.8, 4) is 0 Å². The van der Waals surface area contributed by atoms with E-state index in [0.29, 0.717) is 13.0 Å². The van der Waals surface area contributed by atoms with Gasteiger partial charge in [0.1, 0.15) is 0 Å². The van der Waals surface area contributed by atoms with E-state index >= 15 is 0 Å². The molecule has 0 radical (unpaired) electrons. The summed E-state index contributed by atoms with van der Waals surface area (Å²) >= 11 is 1.58. The van der Waals surface area contributed by atoms with Crippen LogP contribution >= 0.6 is 11.3 Å². The zero-order chi connectivity index (χ0) is 14.4. The van der Waals surface area contributed by atoms with E-state index in [2.05, 4.69) is 9.71 Å². The number of nitrogens with zero attached hydrogens (tertiary/aromatic N) is 1. The van der Waals surface area contributed by atoms with Crippen molar-refractivity contribution >= 4 is 27.4 Å². The first kappa shape index (κ1) is 14.9. The predicted octanol–water partition coefficient (Wildman–Crippen LogP) is 2.58. The molecule has 2 aromatic rings. The largest absolute Gasteiger partial charge is 0.249 e. The van der Waals surface area contributed by atoms with Gasteiger partial charge in [0.2, 0.25) is 10.0 Å². The van der Waals surface area contributed by atoms with Gasteiger partial charge in [-0.15, -0.1) is 11.3 Å². The standard InChI is InChI=1S/C14H16N2O2S2/c1-12-11-15-14(19-12)7-9-16-20(17,18)10-8-13-5-3-2-4-6-13/h2-6,8,10-11,16H,7,9H2,1H3/b10-8+. The molecule has 0 unspecified atom stereocenters. The van der Waals surface area contributed by atoms with Crippen LogP contribution in [0.1, 0.15) is 15.4 Å². The van der Waals surface area contributed by atoms with Crippen LogP contribution in [0.15, 0.2) is 41.9 Å². The fraction of sp³-hybridized carbons (Fsp3) is 0.214. The lowest BCUT2D eigenvalue weighted by atomic mass is 10.2. The van der Waals surface area contributed by atoms with Crippen LogP contribution in [0.4, 0.5) is 0 Å². The lowest BCUT2D eigenvalue weighted by Gasteiger charge is -2.00. The van der Waals surface area contributed by atoms with Crippen LogP contribution in [-0.2, 0) is 16.4 Å². The zero-order valence-electron chi connectivity index (χ0n) is 11.1. The first-order valence-electron chi connectivity index (χ1n) is 6.19. The highest BCUT2D eigenvalue weighted by Gasteiger charge is 2.05. The SMILES string of the molecule is Cc1cnc(CCNS(=O)(=O)/C=C/c2ccccc2)s1. The Kier molecular flexibility index (Phi) is 5.05. The number of aromatic nitrogens is 1. The Morgan fingerprint density at radius 3 is 2.70 bits per heavy atom. The van der Waals surface area contributed by atoms with Crippen molar-refractivity contribution in [1.29, 1.82) is 0 Å². The molecule has 1 aromatic carbocycles. The van der Waals surface area contributed by atoms with Gasteiger partial charge in [-0.3, -0.25) is 0 Å². The Morgan fingerprint density at radius 2 is 2.05 bits per heavy atom. The summed E-state index contributed by atoms with van der Waals surface area (Å²) in [4.78, 5) is 5.33. The van der Waals surface area contributed by atoms with Gasteiger partial charge >= 0.3 is 0 Å². The van der Waals surface area contributed by atoms with Crippen molar-refractivity contribution in [2.75, 3.05) is 6.54 Å². The Balaban J connectivity index is 1.86. The van der Waals surface area contributed by atoms with Crippen LogP contribution in [0, 0.1) is 6.92 Å². The molecule has 0 saturated carbocycles. The van der Waals surface area contributed by atoms with Crippen molar-refractivity contribution in [3.05, 3.63) is 57.4 Å². The Labute approximate surface area is 123 Å². The summed E-state index contributed by atoms with van der Waals surface area (Å²) in [6.45, 7) is 2.34. The van der Waals surface area contributed by atoms with Gasteiger partial charge in [-0.25, -0.2) is 18.1 Å². The number of hydrogen-bond donors (Lipinski definition) is 1. The fourth-order valence-corrected chi connectivity index (χ4v) is 3.20. The molecule has 4 nitrogen and oxygen atoms in total. The second-order valence-electron chi connectivity index (χ2n) is 4.27. The summed E-state index contributed by atoms with van der Waals surface area (Å²) in [7, 11) is -3.40. The molecule has 106 valence electrons. The number of nitrogens with one attached hydrogen (secondary N) is 1. The fourth-order valence-electron chi connectivity index (χ4n) is 1.60. The number of sulfonamides is 1. The molecule has 0 aliphatic carbocycles. The van der Waals surface area contributed by atoms with Gasteiger partial charge in [0.15, 0.2) is 0 Å². The van der Waals surface area contributed by atoms with Crippen molar-refractivity contribution in [3.63, 3.8) is 0 Å². The molecule has 1 aromatic heterocycles. The molecule has 0 aliphatic heterocycles. The van der Waals surface area contributed by atoms with Crippen molar-refractivity contribution in [2.24, 2.45) is 0 Å². The normalized spacial score (nSPS) is 12.1. The molecule has 1 heterocycles. The van der Waals surface area contributed by atoms with Gasteiger partial charge in [-0.05, 0) is 18.6 Å². The second kappa shape index (κ2) is 6.78. The molecule has 0 spiro atoms. The van der Waals surface area contributed by atoms with Crippen molar-refractivity contribution in [1.82, 2.24) is 9.71 Å². The summed E-state index contributed by atoms with van der Waals surface area (Å²) < 4.78 is 26.1. The molecular formula is C14H16N2O2S2. The van der Waals surface area contributed by atoms with Crippen LogP contribution in [0.2, 0.25) is 0 Å². The molecule has 6 heteroatoms. The summed E-state index contributed by atoms with van der Waals surface area (Å²) in [6.07, 6.45) is 3.98. The number of thiazole rings is 1. The van der Waals surface area contributed by atoms with Crippen LogP contribution in [0.5, 0.6) is 0 Å². The molecule has 1 N–H and O–H groups in total. The molecule has 0 bridgehead atoms. The Hall–Kier alpha value is -1.50. The molecule has 0 aliphatic rings. The quantitative estimate of drug-likeness (QED) is 0.892. The maximum atomic E-state index is 11.8. The number of rotatable bonds is 6. The third-order valence-electron chi connectivity index (χ3n) is 2.55. The van der Waals surface area contributed by atoms with E-state index in [0.717, 1.165) is 15.4 Å². The number of aryl methyl sites for hydroxylation is 1. The molecule has 0 amide bonds. The highest BCUT2D eigenvalue weighted by atomic mass is 32.2. The number of benzene rings is 1. The molecule has 20 heavy (non-hydrogen) atoms. The highest BCUT2D eigenvalue weighted by Crippen LogP contribution is 2.11. The Morgan fingerprint density at radius 1 is 1.30 bits per heavy atom. The van der Waals surface area contributed by atoms with E-state index in [1.165, 1.54) is 5.41 Å². The number of hydrogen-bond acceptors (Lipinski definition) is 4. The average Bonchev–Trinajstić information content (AvgIpc) is 2.83. The minimum Gasteiger partial charge on any atom is -0.249 e. The molecular weight excluding hydrogens is 292 g/mol. The van der Waals surface area contributed by atoms with Gasteiger partial charge in [-0.2, -0.15) is 0 Å². The van der Waals surface area contributed by atoms with Gasteiger partial charge in [0, 0.05) is 29.4 Å². The monoisotopic (exact) mass is 308 g/mol. The molecule has 0 atom stereocenters. The van der Waals surface area contributed by atoms with Gasteiger partial charge in [0.25, 0.3) is 0 Å². The summed E-state index contributed by atoms with van der Waals surface area (Å²) in [5.41, 5.74) is 0.855. The minimum atomic E-state index is -3.40. The topological polar surface area (TPSA) is 59.1 Å². The van der Waals surface area contributed by atoms with E-state index in [4.69, 9.17) is 0 Å². The second-order valence-corrected chi connectivity index (χ2v) is 7.24. The van der Waals surface area contributed by atoms with E-state index in [1.54, 1.807) is 23.6 Å². The summed E-state index contributed by atoms with van der Waals surface area (Å²) in [6, 6.07) is 9.32. The van der Waals surface area contributed by atoms with Gasteiger partial charge in [0.05, 0.1) is 5.01 Å². The third-order valence-corrected chi connectivity index (χ3v) is 4.62. The molecule has 2 rings (SSSR count).